The number of carbonyl (C=O) groups is 2. The lowest BCUT2D eigenvalue weighted by molar-refractivity contribution is -0.141. The summed E-state index contributed by atoms with van der Waals surface area (Å²) in [5.41, 5.74) is 13.5. The molecule has 12 heteroatoms. The van der Waals surface area contributed by atoms with Crippen molar-refractivity contribution in [2.45, 2.75) is 133 Å². The SMILES string of the molecule is Cc1ccc(S(=O)(=O)NC(N)=NCCCC(N)C(=O)N2CCCC2C(=O)N[C@H]2CC[C@H]3[C@@H]4CC[C@H]5C[C@@H](O)CC[C@]5(C)[C@H]4CC[C@]23C)cc1. The molecule has 49 heavy (non-hydrogen) atoms. The van der Waals surface area contributed by atoms with Crippen LogP contribution in [0.2, 0.25) is 0 Å². The monoisotopic (exact) mass is 698 g/mol. The molecule has 6 rings (SSSR count). The first-order valence-corrected chi connectivity index (χ1v) is 20.1. The number of aliphatic hydroxyl groups excluding tert-OH is 1. The van der Waals surface area contributed by atoms with Crippen molar-refractivity contribution in [1.82, 2.24) is 14.9 Å². The van der Waals surface area contributed by atoms with Crippen molar-refractivity contribution in [3.63, 3.8) is 0 Å². The Morgan fingerprint density at radius 2 is 1.73 bits per heavy atom. The van der Waals surface area contributed by atoms with E-state index in [1.165, 1.54) is 31.4 Å². The number of guanidine groups is 1. The van der Waals surface area contributed by atoms with E-state index in [0.717, 1.165) is 50.5 Å². The van der Waals surface area contributed by atoms with Gasteiger partial charge in [0.15, 0.2) is 0 Å². The summed E-state index contributed by atoms with van der Waals surface area (Å²) in [6, 6.07) is 5.25. The van der Waals surface area contributed by atoms with Gasteiger partial charge in [0.1, 0.15) is 6.04 Å². The van der Waals surface area contributed by atoms with Crippen LogP contribution in [0.1, 0.15) is 103 Å². The summed E-state index contributed by atoms with van der Waals surface area (Å²) in [5.74, 6) is 2.13. The topological polar surface area (TPSA) is 180 Å². The summed E-state index contributed by atoms with van der Waals surface area (Å²) in [6.45, 7) is 7.50. The molecule has 11 nitrogen and oxygen atoms in total. The molecule has 1 aromatic rings. The molecule has 0 bridgehead atoms. The Hall–Kier alpha value is -2.70. The molecule has 2 amide bonds. The number of aliphatic hydroxyl groups is 1. The van der Waals surface area contributed by atoms with Crippen LogP contribution in [-0.4, -0.2) is 73.5 Å². The molecule has 272 valence electrons. The highest BCUT2D eigenvalue weighted by Crippen LogP contribution is 2.66. The minimum absolute atomic E-state index is 0.0535. The molecule has 0 aromatic heterocycles. The minimum Gasteiger partial charge on any atom is -0.393 e. The summed E-state index contributed by atoms with van der Waals surface area (Å²) in [6.07, 6.45) is 12.0. The van der Waals surface area contributed by atoms with Crippen LogP contribution in [0.25, 0.3) is 0 Å². The zero-order valence-electron chi connectivity index (χ0n) is 29.6. The molecule has 5 aliphatic rings. The maximum absolute atomic E-state index is 13.8. The van der Waals surface area contributed by atoms with Crippen molar-refractivity contribution in [1.29, 1.82) is 0 Å². The first kappa shape index (κ1) is 36.1. The first-order chi connectivity index (χ1) is 23.2. The Bertz CT molecular complexity index is 1520. The number of aryl methyl sites for hydroxylation is 1. The van der Waals surface area contributed by atoms with Gasteiger partial charge < -0.3 is 26.8 Å². The summed E-state index contributed by atoms with van der Waals surface area (Å²) in [7, 11) is -3.84. The zero-order chi connectivity index (χ0) is 35.1. The fourth-order valence-corrected chi connectivity index (χ4v) is 11.8. The van der Waals surface area contributed by atoms with E-state index in [-0.39, 0.29) is 46.8 Å². The van der Waals surface area contributed by atoms with Gasteiger partial charge in [-0.3, -0.25) is 14.6 Å². The summed E-state index contributed by atoms with van der Waals surface area (Å²) in [5, 5.41) is 13.8. The molecule has 1 heterocycles. The van der Waals surface area contributed by atoms with E-state index in [2.05, 4.69) is 28.9 Å². The van der Waals surface area contributed by atoms with Crippen molar-refractivity contribution in [2.75, 3.05) is 13.1 Å². The van der Waals surface area contributed by atoms with Gasteiger partial charge in [0, 0.05) is 19.1 Å². The molecule has 1 aromatic carbocycles. The third-order valence-electron chi connectivity index (χ3n) is 13.6. The van der Waals surface area contributed by atoms with Gasteiger partial charge in [-0.15, -0.1) is 0 Å². The fourth-order valence-electron chi connectivity index (χ4n) is 10.8. The van der Waals surface area contributed by atoms with Crippen molar-refractivity contribution in [2.24, 2.45) is 51.0 Å². The van der Waals surface area contributed by atoms with Gasteiger partial charge in [0.2, 0.25) is 17.8 Å². The molecule has 1 aliphatic heterocycles. The molecule has 0 spiro atoms. The number of nitrogens with one attached hydrogen (secondary N) is 2. The second-order valence-electron chi connectivity index (χ2n) is 16.4. The lowest BCUT2D eigenvalue weighted by atomic mass is 9.45. The van der Waals surface area contributed by atoms with E-state index in [1.807, 2.05) is 6.92 Å². The highest BCUT2D eigenvalue weighted by Gasteiger charge is 2.60. The van der Waals surface area contributed by atoms with E-state index < -0.39 is 22.1 Å². The number of rotatable bonds is 9. The Kier molecular flexibility index (Phi) is 10.4. The normalized spacial score (nSPS) is 36.7. The van der Waals surface area contributed by atoms with E-state index in [4.69, 9.17) is 11.5 Å². The molecule has 5 fully saturated rings. The molecule has 1 saturated heterocycles. The summed E-state index contributed by atoms with van der Waals surface area (Å²) < 4.78 is 27.4. The standard InChI is InChI=1S/C37H58N6O5S/c1-23-8-11-26(12-9-23)49(47,48)42-35(39)40-20-4-6-30(38)34(46)43-21-5-7-31(43)33(45)41-32-15-14-28-27-13-10-24-22-25(44)16-18-36(24,2)29(27)17-19-37(28,32)3/h8-9,11-12,24-25,27-32,44H,4-7,10,13-22,38H2,1-3H3,(H,41,45)(H3,39,40,42)/t24-,25-,27-,28-,29-,30?,31?,32-,36-,37-/m0/s1. The van der Waals surface area contributed by atoms with Gasteiger partial charge in [-0.1, -0.05) is 31.5 Å². The summed E-state index contributed by atoms with van der Waals surface area (Å²) >= 11 is 0. The maximum atomic E-state index is 13.8. The third-order valence-corrected chi connectivity index (χ3v) is 15.0. The van der Waals surface area contributed by atoms with Gasteiger partial charge in [-0.05, 0) is 137 Å². The van der Waals surface area contributed by atoms with E-state index in [9.17, 15) is 23.1 Å². The highest BCUT2D eigenvalue weighted by atomic mass is 32.2. The van der Waals surface area contributed by atoms with Crippen LogP contribution in [0.5, 0.6) is 0 Å². The van der Waals surface area contributed by atoms with E-state index in [0.29, 0.717) is 54.9 Å². The number of carbonyl (C=O) groups excluding carboxylic acids is 2. The molecule has 4 aliphatic carbocycles. The first-order valence-electron chi connectivity index (χ1n) is 18.7. The molecule has 0 radical (unpaired) electrons. The molecular formula is C37H58N6O5S. The molecule has 10 atom stereocenters. The Morgan fingerprint density at radius 1 is 1.02 bits per heavy atom. The van der Waals surface area contributed by atoms with Crippen molar-refractivity contribution >= 4 is 27.8 Å². The van der Waals surface area contributed by atoms with Crippen LogP contribution >= 0.6 is 0 Å². The van der Waals surface area contributed by atoms with Gasteiger partial charge in [0.05, 0.1) is 17.0 Å². The van der Waals surface area contributed by atoms with Gasteiger partial charge in [-0.2, -0.15) is 0 Å². The van der Waals surface area contributed by atoms with Crippen LogP contribution in [-0.2, 0) is 19.6 Å². The van der Waals surface area contributed by atoms with Gasteiger partial charge in [-0.25, -0.2) is 13.1 Å². The average molecular weight is 699 g/mol. The number of likely N-dealkylation sites (tertiary alicyclic amines) is 1. The number of hydrogen-bond acceptors (Lipinski definition) is 7. The number of nitrogens with two attached hydrogens (primary N) is 2. The van der Waals surface area contributed by atoms with Crippen LogP contribution in [0.15, 0.2) is 34.2 Å². The molecule has 4 saturated carbocycles. The minimum atomic E-state index is -3.84. The predicted molar refractivity (Wildman–Crippen MR) is 190 cm³/mol. The van der Waals surface area contributed by atoms with Crippen molar-refractivity contribution in [3.05, 3.63) is 29.8 Å². The zero-order valence-corrected chi connectivity index (χ0v) is 30.4. The third kappa shape index (κ3) is 7.11. The summed E-state index contributed by atoms with van der Waals surface area (Å²) in [4.78, 5) is 33.2. The lowest BCUT2D eigenvalue weighted by Crippen LogP contribution is -2.58. The maximum Gasteiger partial charge on any atom is 0.264 e. The largest absolute Gasteiger partial charge is 0.393 e. The Morgan fingerprint density at radius 3 is 2.49 bits per heavy atom. The Balaban J connectivity index is 0.996. The molecular weight excluding hydrogens is 641 g/mol. The van der Waals surface area contributed by atoms with Gasteiger partial charge >= 0.3 is 0 Å². The number of amides is 2. The van der Waals surface area contributed by atoms with Crippen molar-refractivity contribution in [3.8, 4) is 0 Å². The number of benzene rings is 1. The highest BCUT2D eigenvalue weighted by molar-refractivity contribution is 7.90. The van der Waals surface area contributed by atoms with E-state index >= 15 is 0 Å². The predicted octanol–water partition coefficient (Wildman–Crippen LogP) is 3.57. The van der Waals surface area contributed by atoms with Crippen LogP contribution < -0.4 is 21.5 Å². The van der Waals surface area contributed by atoms with E-state index in [1.54, 1.807) is 17.0 Å². The van der Waals surface area contributed by atoms with Crippen LogP contribution in [0.3, 0.4) is 0 Å². The smallest absolute Gasteiger partial charge is 0.264 e. The number of hydrogen-bond donors (Lipinski definition) is 5. The number of fused-ring (bicyclic) bond motifs is 5. The number of aliphatic imine (C=N–C) groups is 1. The van der Waals surface area contributed by atoms with Crippen LogP contribution in [0.4, 0.5) is 0 Å². The average Bonchev–Trinajstić information content (AvgIpc) is 3.68. The second kappa shape index (κ2) is 14.1. The quantitative estimate of drug-likeness (QED) is 0.149. The number of sulfonamides is 1. The van der Waals surface area contributed by atoms with Gasteiger partial charge in [0.25, 0.3) is 10.0 Å². The van der Waals surface area contributed by atoms with Crippen LogP contribution in [0, 0.1) is 41.4 Å². The molecule has 7 N–H and O–H groups in total. The molecule has 2 unspecified atom stereocenters. The second-order valence-corrected chi connectivity index (χ2v) is 18.1. The number of nitrogens with zero attached hydrogens (tertiary/aromatic N) is 2. The fraction of sp³-hybridized carbons (Fsp3) is 0.757. The Labute approximate surface area is 292 Å². The van der Waals surface area contributed by atoms with Crippen molar-refractivity contribution < 1.29 is 23.1 Å². The lowest BCUT2D eigenvalue weighted by Gasteiger charge is -2.61.